The summed E-state index contributed by atoms with van der Waals surface area (Å²) in [6.45, 7) is 3.98. The second-order valence-electron chi connectivity index (χ2n) is 3.58. The van der Waals surface area contributed by atoms with E-state index in [1.165, 1.54) is 5.56 Å². The Kier molecular flexibility index (Phi) is 3.25. The molecular weight excluding hydrogens is 178 g/mol. The molecule has 0 aliphatic carbocycles. The smallest absolute Gasteiger partial charge is 0.320 e. The summed E-state index contributed by atoms with van der Waals surface area (Å²) in [6, 6.07) is 5.13. The molecule has 3 nitrogen and oxygen atoms in total. The zero-order valence-corrected chi connectivity index (χ0v) is 8.45. The third-order valence-corrected chi connectivity index (χ3v) is 2.26. The fraction of sp³-hybridized carbons (Fsp3) is 0.364. The fourth-order valence-corrected chi connectivity index (χ4v) is 1.40. The lowest BCUT2D eigenvalue weighted by atomic mass is 10.00. The molecule has 14 heavy (non-hydrogen) atoms. The maximum Gasteiger partial charge on any atom is 0.320 e. The molecule has 0 aromatic heterocycles. The Hall–Kier alpha value is -1.35. The summed E-state index contributed by atoms with van der Waals surface area (Å²) in [5.74, 6) is -0.954. The van der Waals surface area contributed by atoms with E-state index in [2.05, 4.69) is 0 Å². The standard InChI is InChI=1S/C11H15NO2/c1-7-3-4-9(8(2)5-7)6-10(12)11(13)14/h3-5,10H,6,12H2,1-2H3,(H,13,14). The minimum atomic E-state index is -0.954. The zero-order chi connectivity index (χ0) is 10.7. The van der Waals surface area contributed by atoms with Crippen LogP contribution in [-0.4, -0.2) is 17.1 Å². The molecule has 0 aliphatic rings. The summed E-state index contributed by atoms with van der Waals surface area (Å²) in [4.78, 5) is 10.6. The van der Waals surface area contributed by atoms with Crippen molar-refractivity contribution < 1.29 is 9.90 Å². The van der Waals surface area contributed by atoms with Gasteiger partial charge in [0.2, 0.25) is 0 Å². The third kappa shape index (κ3) is 2.57. The maximum absolute atomic E-state index is 10.6. The van der Waals surface area contributed by atoms with E-state index < -0.39 is 12.0 Å². The van der Waals surface area contributed by atoms with Gasteiger partial charge < -0.3 is 10.8 Å². The van der Waals surface area contributed by atoms with Crippen LogP contribution in [0, 0.1) is 13.8 Å². The van der Waals surface area contributed by atoms with Gasteiger partial charge in [0, 0.05) is 0 Å². The quantitative estimate of drug-likeness (QED) is 0.759. The number of aliphatic carboxylic acids is 1. The van der Waals surface area contributed by atoms with Gasteiger partial charge in [-0.2, -0.15) is 0 Å². The molecule has 3 heteroatoms. The topological polar surface area (TPSA) is 63.3 Å². The fourth-order valence-electron chi connectivity index (χ4n) is 1.40. The molecule has 1 aromatic rings. The molecule has 76 valence electrons. The van der Waals surface area contributed by atoms with Crippen LogP contribution < -0.4 is 5.73 Å². The Labute approximate surface area is 83.6 Å². The first kappa shape index (κ1) is 10.7. The predicted molar refractivity (Wildman–Crippen MR) is 55.2 cm³/mol. The highest BCUT2D eigenvalue weighted by molar-refractivity contribution is 5.73. The monoisotopic (exact) mass is 193 g/mol. The van der Waals surface area contributed by atoms with Gasteiger partial charge in [-0.3, -0.25) is 4.79 Å². The van der Waals surface area contributed by atoms with Crippen LogP contribution in [0.5, 0.6) is 0 Å². The molecule has 1 atom stereocenters. The second-order valence-corrected chi connectivity index (χ2v) is 3.58. The summed E-state index contributed by atoms with van der Waals surface area (Å²) in [5, 5.41) is 8.66. The highest BCUT2D eigenvalue weighted by Crippen LogP contribution is 2.12. The van der Waals surface area contributed by atoms with Gasteiger partial charge >= 0.3 is 5.97 Å². The van der Waals surface area contributed by atoms with Gasteiger partial charge in [0.05, 0.1) is 0 Å². The predicted octanol–water partition coefficient (Wildman–Crippen LogP) is 1.26. The van der Waals surface area contributed by atoms with Gasteiger partial charge in [0.15, 0.2) is 0 Å². The van der Waals surface area contributed by atoms with E-state index >= 15 is 0 Å². The van der Waals surface area contributed by atoms with E-state index in [0.29, 0.717) is 6.42 Å². The van der Waals surface area contributed by atoms with Crippen molar-refractivity contribution in [2.45, 2.75) is 26.3 Å². The summed E-state index contributed by atoms with van der Waals surface area (Å²) >= 11 is 0. The van der Waals surface area contributed by atoms with Gasteiger partial charge in [-0.15, -0.1) is 0 Å². The number of aryl methyl sites for hydroxylation is 2. The van der Waals surface area contributed by atoms with Crippen molar-refractivity contribution in [3.05, 3.63) is 34.9 Å². The molecule has 0 saturated carbocycles. The van der Waals surface area contributed by atoms with Gasteiger partial charge in [0.1, 0.15) is 6.04 Å². The molecule has 0 spiro atoms. The number of hydrogen-bond donors (Lipinski definition) is 2. The van der Waals surface area contributed by atoms with Crippen molar-refractivity contribution in [3.63, 3.8) is 0 Å². The van der Waals surface area contributed by atoms with Gasteiger partial charge in [0.25, 0.3) is 0 Å². The molecule has 0 heterocycles. The average molecular weight is 193 g/mol. The van der Waals surface area contributed by atoms with Crippen LogP contribution in [0.2, 0.25) is 0 Å². The first-order valence-electron chi connectivity index (χ1n) is 4.55. The van der Waals surface area contributed by atoms with Crippen molar-refractivity contribution in [1.29, 1.82) is 0 Å². The van der Waals surface area contributed by atoms with Gasteiger partial charge in [-0.05, 0) is 31.4 Å². The Morgan fingerprint density at radius 2 is 2.14 bits per heavy atom. The normalized spacial score (nSPS) is 12.5. The lowest BCUT2D eigenvalue weighted by molar-refractivity contribution is -0.138. The van der Waals surface area contributed by atoms with Crippen molar-refractivity contribution >= 4 is 5.97 Å². The lowest BCUT2D eigenvalue weighted by Gasteiger charge is -2.09. The highest BCUT2D eigenvalue weighted by atomic mass is 16.4. The number of nitrogens with two attached hydrogens (primary N) is 1. The third-order valence-electron chi connectivity index (χ3n) is 2.26. The van der Waals surface area contributed by atoms with Crippen LogP contribution >= 0.6 is 0 Å². The van der Waals surface area contributed by atoms with Crippen LogP contribution in [-0.2, 0) is 11.2 Å². The zero-order valence-electron chi connectivity index (χ0n) is 8.45. The van der Waals surface area contributed by atoms with Crippen molar-refractivity contribution in [3.8, 4) is 0 Å². The Balaban J connectivity index is 2.82. The van der Waals surface area contributed by atoms with Crippen LogP contribution in [0.1, 0.15) is 16.7 Å². The minimum absolute atomic E-state index is 0.390. The number of benzene rings is 1. The number of rotatable bonds is 3. The van der Waals surface area contributed by atoms with Crippen LogP contribution in [0.3, 0.4) is 0 Å². The Morgan fingerprint density at radius 1 is 1.50 bits per heavy atom. The van der Waals surface area contributed by atoms with Crippen molar-refractivity contribution in [1.82, 2.24) is 0 Å². The maximum atomic E-state index is 10.6. The highest BCUT2D eigenvalue weighted by Gasteiger charge is 2.12. The summed E-state index contributed by atoms with van der Waals surface area (Å²) in [5.41, 5.74) is 8.74. The molecular formula is C11H15NO2. The number of carbonyl (C=O) groups is 1. The van der Waals surface area contributed by atoms with E-state index in [1.807, 2.05) is 32.0 Å². The molecule has 0 fully saturated rings. The molecule has 0 saturated heterocycles. The largest absolute Gasteiger partial charge is 0.480 e. The average Bonchev–Trinajstić information content (AvgIpc) is 2.09. The first-order valence-corrected chi connectivity index (χ1v) is 4.55. The lowest BCUT2D eigenvalue weighted by Crippen LogP contribution is -2.32. The van der Waals surface area contributed by atoms with Gasteiger partial charge in [-0.25, -0.2) is 0 Å². The molecule has 3 N–H and O–H groups in total. The molecule has 0 radical (unpaired) electrons. The second kappa shape index (κ2) is 4.24. The Morgan fingerprint density at radius 3 is 2.64 bits per heavy atom. The van der Waals surface area contributed by atoms with Crippen LogP contribution in [0.25, 0.3) is 0 Å². The number of hydrogen-bond acceptors (Lipinski definition) is 2. The van der Waals surface area contributed by atoms with Gasteiger partial charge in [-0.1, -0.05) is 23.8 Å². The van der Waals surface area contributed by atoms with E-state index in [-0.39, 0.29) is 0 Å². The molecule has 0 aliphatic heterocycles. The summed E-state index contributed by atoms with van der Waals surface area (Å²) in [7, 11) is 0. The van der Waals surface area contributed by atoms with Crippen molar-refractivity contribution in [2.24, 2.45) is 5.73 Å². The number of carboxylic acid groups (broad SMARTS) is 1. The SMILES string of the molecule is Cc1ccc(CC(N)C(=O)O)c(C)c1. The molecule has 0 bridgehead atoms. The first-order chi connectivity index (χ1) is 6.50. The molecule has 0 amide bonds. The molecule has 1 rings (SSSR count). The summed E-state index contributed by atoms with van der Waals surface area (Å²) < 4.78 is 0. The minimum Gasteiger partial charge on any atom is -0.480 e. The summed E-state index contributed by atoms with van der Waals surface area (Å²) in [6.07, 6.45) is 0.390. The molecule has 1 aromatic carbocycles. The number of carboxylic acids is 1. The van der Waals surface area contributed by atoms with E-state index in [9.17, 15) is 4.79 Å². The van der Waals surface area contributed by atoms with Crippen molar-refractivity contribution in [2.75, 3.05) is 0 Å². The van der Waals surface area contributed by atoms with E-state index in [1.54, 1.807) is 0 Å². The Bertz CT molecular complexity index is 347. The van der Waals surface area contributed by atoms with Crippen LogP contribution in [0.4, 0.5) is 0 Å². The van der Waals surface area contributed by atoms with E-state index in [0.717, 1.165) is 11.1 Å². The van der Waals surface area contributed by atoms with E-state index in [4.69, 9.17) is 10.8 Å². The van der Waals surface area contributed by atoms with Crippen LogP contribution in [0.15, 0.2) is 18.2 Å². The molecule has 1 unspecified atom stereocenters.